The number of hydrogen-bond acceptors (Lipinski definition) is 4. The molecule has 0 saturated heterocycles. The largest absolute Gasteiger partial charge is 0.480 e. The Kier molecular flexibility index (Phi) is 8.65. The van der Waals surface area contributed by atoms with Crippen LogP contribution in [0.5, 0.6) is 0 Å². The second-order valence-corrected chi connectivity index (χ2v) is 11.4. The number of fused-ring (bicyclic) bond motifs is 3. The van der Waals surface area contributed by atoms with Crippen LogP contribution < -0.4 is 5.32 Å². The van der Waals surface area contributed by atoms with Crippen LogP contribution in [0.4, 0.5) is 4.79 Å². The molecule has 2 N–H and O–H groups in total. The molecule has 7 nitrogen and oxygen atoms in total. The number of carboxylic acid groups (broad SMARTS) is 1. The van der Waals surface area contributed by atoms with Crippen molar-refractivity contribution in [2.75, 3.05) is 13.7 Å². The summed E-state index contributed by atoms with van der Waals surface area (Å²) in [5, 5.41) is 13.4. The quantitative estimate of drug-likeness (QED) is 0.169. The Morgan fingerprint density at radius 2 is 1.11 bits per heavy atom. The predicted molar refractivity (Wildman–Crippen MR) is 176 cm³/mol. The molecule has 0 heterocycles. The van der Waals surface area contributed by atoms with Gasteiger partial charge < -0.3 is 15.2 Å². The van der Waals surface area contributed by atoms with E-state index in [1.165, 1.54) is 7.05 Å². The molecule has 46 heavy (non-hydrogen) atoms. The van der Waals surface area contributed by atoms with Gasteiger partial charge in [-0.1, -0.05) is 140 Å². The summed E-state index contributed by atoms with van der Waals surface area (Å²) in [4.78, 5) is 40.7. The molecule has 7 heteroatoms. The smallest absolute Gasteiger partial charge is 0.410 e. The van der Waals surface area contributed by atoms with Crippen molar-refractivity contribution in [3.05, 3.63) is 167 Å². The Morgan fingerprint density at radius 3 is 1.54 bits per heavy atom. The summed E-state index contributed by atoms with van der Waals surface area (Å²) in [5.74, 6) is -2.03. The molecule has 230 valence electrons. The van der Waals surface area contributed by atoms with E-state index in [4.69, 9.17) is 4.74 Å². The van der Waals surface area contributed by atoms with Gasteiger partial charge in [-0.15, -0.1) is 0 Å². The zero-order valence-corrected chi connectivity index (χ0v) is 25.4. The van der Waals surface area contributed by atoms with Crippen LogP contribution in [0.15, 0.2) is 140 Å². The minimum atomic E-state index is -1.46. The lowest BCUT2D eigenvalue weighted by Gasteiger charge is -2.37. The maximum Gasteiger partial charge on any atom is 0.410 e. The zero-order chi connectivity index (χ0) is 32.1. The average molecular weight is 611 g/mol. The minimum Gasteiger partial charge on any atom is -0.480 e. The highest BCUT2D eigenvalue weighted by Gasteiger charge is 2.40. The number of nitrogens with one attached hydrogen (secondary N) is 1. The Morgan fingerprint density at radius 1 is 0.696 bits per heavy atom. The molecule has 1 aliphatic carbocycles. The maximum absolute atomic E-state index is 13.9. The molecule has 6 rings (SSSR count). The van der Waals surface area contributed by atoms with E-state index < -0.39 is 36.0 Å². The molecule has 1 unspecified atom stereocenters. The summed E-state index contributed by atoms with van der Waals surface area (Å²) in [6, 6.07) is 43.1. The normalized spacial score (nSPS) is 12.8. The van der Waals surface area contributed by atoms with E-state index in [-0.39, 0.29) is 12.5 Å². The molecule has 0 aromatic heterocycles. The third-order valence-electron chi connectivity index (χ3n) is 8.70. The number of carbonyl (C=O) groups is 3. The summed E-state index contributed by atoms with van der Waals surface area (Å²) >= 11 is 0. The highest BCUT2D eigenvalue weighted by Crippen LogP contribution is 2.44. The van der Waals surface area contributed by atoms with Crippen LogP contribution >= 0.6 is 0 Å². The Balaban J connectivity index is 1.24. The number of aliphatic carboxylic acids is 1. The van der Waals surface area contributed by atoms with E-state index >= 15 is 0 Å². The summed E-state index contributed by atoms with van der Waals surface area (Å²) in [7, 11) is 1.35. The van der Waals surface area contributed by atoms with Crippen molar-refractivity contribution in [3.63, 3.8) is 0 Å². The highest BCUT2D eigenvalue weighted by molar-refractivity contribution is 5.88. The van der Waals surface area contributed by atoms with Gasteiger partial charge in [0.05, 0.1) is 6.42 Å². The van der Waals surface area contributed by atoms with Gasteiger partial charge >= 0.3 is 12.1 Å². The molecule has 0 aliphatic heterocycles. The average Bonchev–Trinajstić information content (AvgIpc) is 3.42. The van der Waals surface area contributed by atoms with Crippen molar-refractivity contribution < 1.29 is 24.2 Å². The van der Waals surface area contributed by atoms with E-state index in [9.17, 15) is 19.5 Å². The summed E-state index contributed by atoms with van der Waals surface area (Å²) in [6.07, 6.45) is -1.30. The number of ether oxygens (including phenoxy) is 1. The van der Waals surface area contributed by atoms with Gasteiger partial charge in [0.15, 0.2) is 0 Å². The van der Waals surface area contributed by atoms with Gasteiger partial charge in [-0.3, -0.25) is 9.69 Å². The number of carboxylic acids is 1. The van der Waals surface area contributed by atoms with Crippen molar-refractivity contribution >= 4 is 18.0 Å². The fourth-order valence-electron chi connectivity index (χ4n) is 6.43. The first-order chi connectivity index (χ1) is 22.4. The molecule has 2 amide bonds. The lowest BCUT2D eigenvalue weighted by molar-refractivity contribution is -0.144. The molecule has 0 radical (unpaired) electrons. The van der Waals surface area contributed by atoms with Crippen molar-refractivity contribution in [2.45, 2.75) is 23.9 Å². The minimum absolute atomic E-state index is 0.0366. The van der Waals surface area contributed by atoms with Crippen molar-refractivity contribution in [2.24, 2.45) is 0 Å². The van der Waals surface area contributed by atoms with E-state index in [0.29, 0.717) is 0 Å². The van der Waals surface area contributed by atoms with E-state index in [1.54, 1.807) is 0 Å². The van der Waals surface area contributed by atoms with Gasteiger partial charge in [0, 0.05) is 13.0 Å². The topological polar surface area (TPSA) is 95.9 Å². The highest BCUT2D eigenvalue weighted by atomic mass is 16.6. The van der Waals surface area contributed by atoms with Crippen LogP contribution in [0.3, 0.4) is 0 Å². The molecule has 0 saturated carbocycles. The first-order valence-corrected chi connectivity index (χ1v) is 15.2. The molecule has 0 bridgehead atoms. The number of carbonyl (C=O) groups excluding carboxylic acids is 2. The number of rotatable bonds is 10. The van der Waals surface area contributed by atoms with E-state index in [0.717, 1.165) is 43.8 Å². The zero-order valence-electron chi connectivity index (χ0n) is 25.4. The molecule has 1 atom stereocenters. The first kappa shape index (κ1) is 30.3. The van der Waals surface area contributed by atoms with Gasteiger partial charge in [0.25, 0.3) is 0 Å². The van der Waals surface area contributed by atoms with Crippen molar-refractivity contribution in [1.82, 2.24) is 10.2 Å². The van der Waals surface area contributed by atoms with Gasteiger partial charge in [0.2, 0.25) is 5.91 Å². The number of nitrogens with zero attached hydrogens (tertiary/aromatic N) is 1. The molecule has 1 aliphatic rings. The van der Waals surface area contributed by atoms with Gasteiger partial charge in [-0.25, -0.2) is 9.59 Å². The van der Waals surface area contributed by atoms with Crippen LogP contribution in [0.1, 0.15) is 40.2 Å². The second kappa shape index (κ2) is 13.1. The standard InChI is InChI=1S/C39H34N2O5/c1-41(38(45)46-26-34-32-23-13-11-21-30(32)31-22-12-14-24-33(31)34)35(37(43)44)25-36(42)40-39(27-15-5-2-6-16-27,28-17-7-3-8-18-28)29-19-9-4-10-20-29/h2-24,34-35H,25-26H2,1H3,(H,40,42)(H,43,44). The van der Waals surface area contributed by atoms with Gasteiger partial charge in [0.1, 0.15) is 18.2 Å². The SMILES string of the molecule is CN(C(=O)OCC1c2ccccc2-c2ccccc21)C(CC(=O)NC(c1ccccc1)(c1ccccc1)c1ccccc1)C(=O)O. The third-order valence-corrected chi connectivity index (χ3v) is 8.70. The van der Waals surface area contributed by atoms with Gasteiger partial charge in [-0.2, -0.15) is 0 Å². The molecule has 0 fully saturated rings. The Bertz CT molecular complexity index is 1700. The van der Waals surface area contributed by atoms with Crippen LogP contribution in [0.25, 0.3) is 11.1 Å². The van der Waals surface area contributed by atoms with Crippen LogP contribution in [-0.4, -0.2) is 47.7 Å². The van der Waals surface area contributed by atoms with E-state index in [2.05, 4.69) is 5.32 Å². The molecular formula is C39H34N2O5. The molecule has 0 spiro atoms. The van der Waals surface area contributed by atoms with Crippen molar-refractivity contribution in [1.29, 1.82) is 0 Å². The lowest BCUT2D eigenvalue weighted by atomic mass is 9.77. The number of benzene rings is 5. The second-order valence-electron chi connectivity index (χ2n) is 11.4. The predicted octanol–water partition coefficient (Wildman–Crippen LogP) is 6.82. The summed E-state index contributed by atoms with van der Waals surface area (Å²) in [6.45, 7) is 0.0366. The van der Waals surface area contributed by atoms with Crippen molar-refractivity contribution in [3.8, 4) is 11.1 Å². The van der Waals surface area contributed by atoms with Crippen LogP contribution in [0, 0.1) is 0 Å². The Labute approximate surface area is 268 Å². The number of amides is 2. The maximum atomic E-state index is 13.9. The van der Waals surface area contributed by atoms with Crippen LogP contribution in [-0.2, 0) is 19.9 Å². The molecule has 5 aromatic carbocycles. The van der Waals surface area contributed by atoms with E-state index in [1.807, 2.05) is 140 Å². The molecular weight excluding hydrogens is 576 g/mol. The lowest BCUT2D eigenvalue weighted by Crippen LogP contribution is -2.51. The number of likely N-dealkylation sites (N-methyl/N-ethyl adjacent to an activating group) is 1. The monoisotopic (exact) mass is 610 g/mol. The fraction of sp³-hybridized carbons (Fsp3) is 0.154. The third kappa shape index (κ3) is 5.75. The fourth-order valence-corrected chi connectivity index (χ4v) is 6.43. The first-order valence-electron chi connectivity index (χ1n) is 15.2. The van der Waals surface area contributed by atoms with Crippen LogP contribution in [0.2, 0.25) is 0 Å². The molecule has 5 aromatic rings. The van der Waals surface area contributed by atoms with Gasteiger partial charge in [-0.05, 0) is 38.9 Å². The summed E-state index contributed by atoms with van der Waals surface area (Å²) in [5.41, 5.74) is 5.57. The summed E-state index contributed by atoms with van der Waals surface area (Å²) < 4.78 is 5.72. The number of hydrogen-bond donors (Lipinski definition) is 2. The Hall–Kier alpha value is -5.69.